The van der Waals surface area contributed by atoms with Crippen molar-refractivity contribution >= 4 is 27.5 Å². The van der Waals surface area contributed by atoms with Crippen LogP contribution in [-0.4, -0.2) is 63.2 Å². The Bertz CT molecular complexity index is 1110. The number of aryl methyl sites for hydroxylation is 2. The minimum absolute atomic E-state index is 0.00192. The summed E-state index contributed by atoms with van der Waals surface area (Å²) in [6.07, 6.45) is 3.05. The number of rotatable bonds is 4. The van der Waals surface area contributed by atoms with E-state index in [9.17, 15) is 9.59 Å². The molecule has 2 aromatic heterocycles. The van der Waals surface area contributed by atoms with E-state index in [2.05, 4.69) is 15.0 Å². The number of thiazole rings is 1. The van der Waals surface area contributed by atoms with Crippen molar-refractivity contribution in [2.24, 2.45) is 0 Å². The van der Waals surface area contributed by atoms with Crippen LogP contribution in [0.15, 0.2) is 34.6 Å². The van der Waals surface area contributed by atoms with Gasteiger partial charge in [0.05, 0.1) is 28.0 Å². The fraction of sp³-hybridized carbons (Fsp3) is 0.429. The van der Waals surface area contributed by atoms with Gasteiger partial charge in [0.1, 0.15) is 0 Å². The topological polar surface area (TPSA) is 71.3 Å². The fourth-order valence-electron chi connectivity index (χ4n) is 4.18. The zero-order valence-corrected chi connectivity index (χ0v) is 17.0. The molecule has 1 aliphatic heterocycles. The Hall–Kier alpha value is -2.58. The first-order valence-corrected chi connectivity index (χ1v) is 11.0. The number of nitrogens with zero attached hydrogens (tertiary/aromatic N) is 5. The predicted octanol–water partition coefficient (Wildman–Crippen LogP) is 1.80. The first-order valence-electron chi connectivity index (χ1n) is 10.1. The highest BCUT2D eigenvalue weighted by Crippen LogP contribution is 2.20. The third-order valence-corrected chi connectivity index (χ3v) is 6.68. The van der Waals surface area contributed by atoms with Gasteiger partial charge in [-0.05, 0) is 43.0 Å². The number of benzene rings is 1. The van der Waals surface area contributed by atoms with Crippen molar-refractivity contribution in [3.63, 3.8) is 0 Å². The third kappa shape index (κ3) is 3.70. The van der Waals surface area contributed by atoms with Gasteiger partial charge < -0.3 is 4.90 Å². The van der Waals surface area contributed by atoms with Crippen molar-refractivity contribution in [2.75, 3.05) is 32.7 Å². The highest BCUT2D eigenvalue weighted by molar-refractivity contribution is 7.16. The van der Waals surface area contributed by atoms with Gasteiger partial charge in [0.2, 0.25) is 0 Å². The Kier molecular flexibility index (Phi) is 4.89. The predicted molar refractivity (Wildman–Crippen MR) is 112 cm³/mol. The van der Waals surface area contributed by atoms with E-state index < -0.39 is 0 Å². The molecule has 150 valence electrons. The molecule has 0 atom stereocenters. The van der Waals surface area contributed by atoms with E-state index >= 15 is 0 Å². The highest BCUT2D eigenvalue weighted by atomic mass is 32.1. The molecule has 3 aromatic rings. The molecular weight excluding hydrogens is 386 g/mol. The van der Waals surface area contributed by atoms with E-state index in [0.29, 0.717) is 19.6 Å². The maximum Gasteiger partial charge on any atom is 0.267 e. The van der Waals surface area contributed by atoms with Gasteiger partial charge in [0.15, 0.2) is 0 Å². The number of carbonyl (C=O) groups excluding carboxylic acids is 1. The molecule has 0 unspecified atom stereocenters. The molecule has 29 heavy (non-hydrogen) atoms. The zero-order valence-electron chi connectivity index (χ0n) is 16.2. The molecule has 0 N–H and O–H groups in total. The van der Waals surface area contributed by atoms with Crippen LogP contribution in [0.1, 0.15) is 28.0 Å². The van der Waals surface area contributed by atoms with Gasteiger partial charge >= 0.3 is 0 Å². The molecule has 5 rings (SSSR count). The molecule has 1 amide bonds. The number of piperazine rings is 1. The highest BCUT2D eigenvalue weighted by Gasteiger charge is 2.23. The molecule has 1 saturated heterocycles. The van der Waals surface area contributed by atoms with Crippen molar-refractivity contribution in [1.82, 2.24) is 24.6 Å². The number of aromatic nitrogens is 3. The maximum atomic E-state index is 12.8. The van der Waals surface area contributed by atoms with Gasteiger partial charge in [0.25, 0.3) is 11.5 Å². The molecule has 7 nitrogen and oxygen atoms in total. The number of fused-ring (bicyclic) bond motifs is 2. The van der Waals surface area contributed by atoms with Crippen LogP contribution in [0.5, 0.6) is 0 Å². The van der Waals surface area contributed by atoms with Crippen LogP contribution in [0.3, 0.4) is 0 Å². The van der Waals surface area contributed by atoms with Gasteiger partial charge in [-0.15, -0.1) is 11.3 Å². The van der Waals surface area contributed by atoms with Gasteiger partial charge in [-0.1, -0.05) is 0 Å². The zero-order chi connectivity index (χ0) is 19.8. The maximum absolute atomic E-state index is 12.8. The summed E-state index contributed by atoms with van der Waals surface area (Å²) in [6.45, 7) is 4.41. The molecule has 8 heteroatoms. The third-order valence-electron chi connectivity index (χ3n) is 5.89. The van der Waals surface area contributed by atoms with Crippen LogP contribution in [0, 0.1) is 0 Å². The number of carbonyl (C=O) groups is 1. The lowest BCUT2D eigenvalue weighted by Gasteiger charge is -2.34. The Labute approximate surface area is 172 Å². The summed E-state index contributed by atoms with van der Waals surface area (Å²) in [4.78, 5) is 33.6. The van der Waals surface area contributed by atoms with E-state index in [1.54, 1.807) is 27.6 Å². The monoisotopic (exact) mass is 409 g/mol. The van der Waals surface area contributed by atoms with Crippen LogP contribution in [0.25, 0.3) is 10.2 Å². The second-order valence-electron chi connectivity index (χ2n) is 7.70. The summed E-state index contributed by atoms with van der Waals surface area (Å²) >= 11 is 1.55. The molecule has 0 bridgehead atoms. The molecule has 0 spiro atoms. The first-order chi connectivity index (χ1) is 14.2. The summed E-state index contributed by atoms with van der Waals surface area (Å²) in [6, 6.07) is 7.47. The normalized spacial score (nSPS) is 17.0. The molecule has 2 aliphatic rings. The van der Waals surface area contributed by atoms with E-state index in [-0.39, 0.29) is 11.5 Å². The van der Waals surface area contributed by atoms with Crippen LogP contribution >= 0.6 is 11.3 Å². The Morgan fingerprint density at radius 3 is 2.79 bits per heavy atom. The molecule has 3 heterocycles. The number of amides is 1. The second-order valence-corrected chi connectivity index (χ2v) is 8.59. The minimum Gasteiger partial charge on any atom is -0.336 e. The summed E-state index contributed by atoms with van der Waals surface area (Å²) < 4.78 is 2.65. The second kappa shape index (κ2) is 7.68. The van der Waals surface area contributed by atoms with Crippen molar-refractivity contribution in [3.05, 3.63) is 57.0 Å². The van der Waals surface area contributed by atoms with E-state index in [0.717, 1.165) is 65.9 Å². The lowest BCUT2D eigenvalue weighted by Crippen LogP contribution is -2.49. The smallest absolute Gasteiger partial charge is 0.267 e. The van der Waals surface area contributed by atoms with Gasteiger partial charge in [0, 0.05) is 44.4 Å². The van der Waals surface area contributed by atoms with Gasteiger partial charge in [-0.3, -0.25) is 14.5 Å². The molecule has 1 aliphatic carbocycles. The molecular formula is C21H23N5O2S. The summed E-state index contributed by atoms with van der Waals surface area (Å²) in [5.74, 6) is 0.0801. The lowest BCUT2D eigenvalue weighted by atomic mass is 10.1. The van der Waals surface area contributed by atoms with Gasteiger partial charge in [-0.2, -0.15) is 5.10 Å². The SMILES string of the molecule is O=C(c1ccc2ncsc2c1)N1CCN(CCn2nc3c(cc2=O)CCC3)CC1. The Morgan fingerprint density at radius 1 is 1.07 bits per heavy atom. The van der Waals surface area contributed by atoms with Crippen LogP contribution in [0.2, 0.25) is 0 Å². The van der Waals surface area contributed by atoms with Crippen molar-refractivity contribution < 1.29 is 4.79 Å². The Morgan fingerprint density at radius 2 is 1.93 bits per heavy atom. The quantitative estimate of drug-likeness (QED) is 0.657. The first kappa shape index (κ1) is 18.4. The standard InChI is InChI=1S/C21H23N5O2S/c27-20-13-15-2-1-3-17(15)23-26(20)11-8-24-6-9-25(10-7-24)21(28)16-4-5-18-19(12-16)29-14-22-18/h4-5,12-14H,1-3,6-11H2. The van der Waals surface area contributed by atoms with Crippen LogP contribution in [0.4, 0.5) is 0 Å². The summed E-state index contributed by atoms with van der Waals surface area (Å²) in [7, 11) is 0. The number of hydrogen-bond acceptors (Lipinski definition) is 6. The van der Waals surface area contributed by atoms with E-state index in [1.165, 1.54) is 0 Å². The number of hydrogen-bond donors (Lipinski definition) is 0. The van der Waals surface area contributed by atoms with Crippen LogP contribution < -0.4 is 5.56 Å². The van der Waals surface area contributed by atoms with E-state index in [4.69, 9.17) is 0 Å². The fourth-order valence-corrected chi connectivity index (χ4v) is 4.90. The molecule has 1 fully saturated rings. The summed E-state index contributed by atoms with van der Waals surface area (Å²) in [5.41, 5.74) is 5.67. The van der Waals surface area contributed by atoms with Crippen molar-refractivity contribution in [2.45, 2.75) is 25.8 Å². The average molecular weight is 410 g/mol. The van der Waals surface area contributed by atoms with Crippen LogP contribution in [-0.2, 0) is 19.4 Å². The lowest BCUT2D eigenvalue weighted by molar-refractivity contribution is 0.0631. The average Bonchev–Trinajstić information content (AvgIpc) is 3.40. The minimum atomic E-state index is -0.00192. The van der Waals surface area contributed by atoms with E-state index in [1.807, 2.05) is 23.1 Å². The Balaban J connectivity index is 1.17. The molecule has 0 saturated carbocycles. The van der Waals surface area contributed by atoms with Crippen molar-refractivity contribution in [1.29, 1.82) is 0 Å². The largest absolute Gasteiger partial charge is 0.336 e. The molecule has 0 radical (unpaired) electrons. The van der Waals surface area contributed by atoms with Gasteiger partial charge in [-0.25, -0.2) is 9.67 Å². The van der Waals surface area contributed by atoms with Crippen molar-refractivity contribution in [3.8, 4) is 0 Å². The molecule has 1 aromatic carbocycles. The summed E-state index contributed by atoms with van der Waals surface area (Å²) in [5, 5.41) is 4.55.